The Morgan fingerprint density at radius 2 is 2.07 bits per heavy atom. The van der Waals surface area contributed by atoms with E-state index in [0.717, 1.165) is 6.42 Å². The van der Waals surface area contributed by atoms with Crippen molar-refractivity contribution in [3.63, 3.8) is 0 Å². The zero-order chi connectivity index (χ0) is 10.4. The molecule has 0 aliphatic rings. The molecule has 0 aliphatic heterocycles. The topological polar surface area (TPSA) is 0 Å². The first kappa shape index (κ1) is 11.0. The molecule has 0 aliphatic carbocycles. The Morgan fingerprint density at radius 1 is 1.29 bits per heavy atom. The van der Waals surface area contributed by atoms with Crippen molar-refractivity contribution in [2.45, 2.75) is 39.5 Å². The third kappa shape index (κ3) is 2.73. The fourth-order valence-electron chi connectivity index (χ4n) is 1.66. The lowest BCUT2D eigenvalue weighted by Crippen LogP contribution is -1.92. The van der Waals surface area contributed by atoms with Gasteiger partial charge in [-0.25, -0.2) is 0 Å². The third-order valence-corrected chi connectivity index (χ3v) is 2.64. The molecular weight excluding hydrogens is 168 g/mol. The molecule has 0 amide bonds. The molecule has 0 nitrogen and oxygen atoms in total. The van der Waals surface area contributed by atoms with E-state index in [1.54, 1.807) is 0 Å². The summed E-state index contributed by atoms with van der Waals surface area (Å²) in [4.78, 5) is 0. The molecule has 0 radical (unpaired) electrons. The first-order chi connectivity index (χ1) is 6.81. The van der Waals surface area contributed by atoms with Crippen LogP contribution in [-0.2, 0) is 12.8 Å². The highest BCUT2D eigenvalue weighted by Gasteiger charge is 2.00. The van der Waals surface area contributed by atoms with Gasteiger partial charge in [0.25, 0.3) is 0 Å². The lowest BCUT2D eigenvalue weighted by molar-refractivity contribution is 0.793. The summed E-state index contributed by atoms with van der Waals surface area (Å²) < 4.78 is 0. The van der Waals surface area contributed by atoms with Gasteiger partial charge < -0.3 is 0 Å². The van der Waals surface area contributed by atoms with Crippen LogP contribution in [0.3, 0.4) is 0 Å². The lowest BCUT2D eigenvalue weighted by atomic mass is 9.98. The number of aryl methyl sites for hydroxylation is 2. The van der Waals surface area contributed by atoms with Gasteiger partial charge in [0.1, 0.15) is 0 Å². The van der Waals surface area contributed by atoms with E-state index in [4.69, 9.17) is 0 Å². The van der Waals surface area contributed by atoms with Crippen LogP contribution in [0.4, 0.5) is 0 Å². The zero-order valence-electron chi connectivity index (χ0n) is 9.34. The molecule has 1 aromatic carbocycles. The van der Waals surface area contributed by atoms with Gasteiger partial charge in [0, 0.05) is 0 Å². The lowest BCUT2D eigenvalue weighted by Gasteiger charge is -2.07. The summed E-state index contributed by atoms with van der Waals surface area (Å²) >= 11 is 0. The molecule has 76 valence electrons. The van der Waals surface area contributed by atoms with Crippen LogP contribution in [0, 0.1) is 0 Å². The van der Waals surface area contributed by atoms with E-state index in [1.807, 2.05) is 6.08 Å². The average Bonchev–Trinajstić information content (AvgIpc) is 2.25. The standard InChI is InChI=1S/C14H20/c1-4-7-8-14-11-12(5-2)9-10-13(14)6-3/h6,9-11H,3-5,7-8H2,1-2H3. The van der Waals surface area contributed by atoms with E-state index in [1.165, 1.54) is 36.0 Å². The molecule has 0 heterocycles. The summed E-state index contributed by atoms with van der Waals surface area (Å²) in [7, 11) is 0. The smallest absolute Gasteiger partial charge is 0.0230 e. The zero-order valence-corrected chi connectivity index (χ0v) is 9.34. The van der Waals surface area contributed by atoms with Crippen LogP contribution in [-0.4, -0.2) is 0 Å². The fraction of sp³-hybridized carbons (Fsp3) is 0.429. The summed E-state index contributed by atoms with van der Waals surface area (Å²) in [6.07, 6.45) is 6.80. The highest BCUT2D eigenvalue weighted by Crippen LogP contribution is 2.16. The first-order valence-electron chi connectivity index (χ1n) is 5.56. The second-order valence-corrected chi connectivity index (χ2v) is 3.69. The Hall–Kier alpha value is -1.04. The summed E-state index contributed by atoms with van der Waals surface area (Å²) in [5, 5.41) is 0. The van der Waals surface area contributed by atoms with E-state index >= 15 is 0 Å². The van der Waals surface area contributed by atoms with Crippen LogP contribution in [0.15, 0.2) is 24.8 Å². The fourth-order valence-corrected chi connectivity index (χ4v) is 1.66. The Morgan fingerprint density at radius 3 is 2.64 bits per heavy atom. The molecule has 0 fully saturated rings. The molecule has 0 saturated heterocycles. The average molecular weight is 188 g/mol. The van der Waals surface area contributed by atoms with E-state index < -0.39 is 0 Å². The molecule has 0 spiro atoms. The molecule has 0 bridgehead atoms. The van der Waals surface area contributed by atoms with Crippen LogP contribution < -0.4 is 0 Å². The highest BCUT2D eigenvalue weighted by atomic mass is 14.0. The van der Waals surface area contributed by atoms with Crippen LogP contribution >= 0.6 is 0 Å². The van der Waals surface area contributed by atoms with Crippen molar-refractivity contribution in [3.05, 3.63) is 41.5 Å². The van der Waals surface area contributed by atoms with Gasteiger partial charge in [0.15, 0.2) is 0 Å². The molecule has 0 saturated carbocycles. The first-order valence-corrected chi connectivity index (χ1v) is 5.56. The summed E-state index contributed by atoms with van der Waals surface area (Å²) in [6, 6.07) is 6.72. The van der Waals surface area contributed by atoms with Crippen LogP contribution in [0.1, 0.15) is 43.4 Å². The van der Waals surface area contributed by atoms with E-state index in [9.17, 15) is 0 Å². The van der Waals surface area contributed by atoms with Crippen molar-refractivity contribution < 1.29 is 0 Å². The number of hydrogen-bond donors (Lipinski definition) is 0. The Balaban J connectivity index is 2.90. The summed E-state index contributed by atoms with van der Waals surface area (Å²) in [6.45, 7) is 8.29. The van der Waals surface area contributed by atoms with Gasteiger partial charge in [-0.2, -0.15) is 0 Å². The summed E-state index contributed by atoms with van der Waals surface area (Å²) in [5.41, 5.74) is 4.19. The van der Waals surface area contributed by atoms with Crippen molar-refractivity contribution in [3.8, 4) is 0 Å². The van der Waals surface area contributed by atoms with Crippen LogP contribution in [0.5, 0.6) is 0 Å². The number of rotatable bonds is 5. The summed E-state index contributed by atoms with van der Waals surface area (Å²) in [5.74, 6) is 0. The quantitative estimate of drug-likeness (QED) is 0.648. The van der Waals surface area contributed by atoms with Crippen LogP contribution in [0.2, 0.25) is 0 Å². The number of benzene rings is 1. The minimum atomic E-state index is 1.12. The van der Waals surface area contributed by atoms with Gasteiger partial charge in [-0.15, -0.1) is 0 Å². The molecule has 0 heteroatoms. The molecule has 0 aromatic heterocycles. The van der Waals surface area contributed by atoms with Gasteiger partial charge in [-0.05, 0) is 36.0 Å². The monoisotopic (exact) mass is 188 g/mol. The Labute approximate surface area is 87.7 Å². The maximum absolute atomic E-state index is 3.86. The Bertz CT molecular complexity index is 297. The van der Waals surface area contributed by atoms with Gasteiger partial charge in [0.2, 0.25) is 0 Å². The number of unbranched alkanes of at least 4 members (excludes halogenated alkanes) is 1. The maximum Gasteiger partial charge on any atom is -0.0230 e. The van der Waals surface area contributed by atoms with E-state index in [2.05, 4.69) is 38.6 Å². The molecular formula is C14H20. The van der Waals surface area contributed by atoms with Gasteiger partial charge >= 0.3 is 0 Å². The maximum atomic E-state index is 3.86. The van der Waals surface area contributed by atoms with Gasteiger partial charge in [-0.1, -0.05) is 51.1 Å². The SMILES string of the molecule is C=Cc1ccc(CC)cc1CCCC. The number of hydrogen-bond acceptors (Lipinski definition) is 0. The second-order valence-electron chi connectivity index (χ2n) is 3.69. The van der Waals surface area contributed by atoms with Crippen molar-refractivity contribution in [1.29, 1.82) is 0 Å². The van der Waals surface area contributed by atoms with Crippen molar-refractivity contribution >= 4 is 6.08 Å². The van der Waals surface area contributed by atoms with Crippen molar-refractivity contribution in [2.75, 3.05) is 0 Å². The Kier molecular flexibility index (Phi) is 4.45. The van der Waals surface area contributed by atoms with Crippen LogP contribution in [0.25, 0.3) is 6.08 Å². The predicted octanol–water partition coefficient (Wildman–Crippen LogP) is 4.23. The molecule has 0 unspecified atom stereocenters. The molecule has 14 heavy (non-hydrogen) atoms. The normalized spacial score (nSPS) is 10.1. The third-order valence-electron chi connectivity index (χ3n) is 2.64. The molecule has 1 rings (SSSR count). The second kappa shape index (κ2) is 5.64. The predicted molar refractivity (Wildman–Crippen MR) is 64.5 cm³/mol. The highest BCUT2D eigenvalue weighted by molar-refractivity contribution is 5.53. The minimum absolute atomic E-state index is 1.12. The molecule has 1 aromatic rings. The molecule has 0 atom stereocenters. The van der Waals surface area contributed by atoms with E-state index in [0.29, 0.717) is 0 Å². The van der Waals surface area contributed by atoms with Gasteiger partial charge in [0.05, 0.1) is 0 Å². The van der Waals surface area contributed by atoms with Gasteiger partial charge in [-0.3, -0.25) is 0 Å². The van der Waals surface area contributed by atoms with E-state index in [-0.39, 0.29) is 0 Å². The van der Waals surface area contributed by atoms with Crippen molar-refractivity contribution in [2.24, 2.45) is 0 Å². The largest absolute Gasteiger partial charge is 0.0985 e. The van der Waals surface area contributed by atoms with Crippen molar-refractivity contribution in [1.82, 2.24) is 0 Å². The minimum Gasteiger partial charge on any atom is -0.0985 e. The molecule has 0 N–H and O–H groups in total.